The first kappa shape index (κ1) is 41.5. The molecule has 1 unspecified atom stereocenters. The molecule has 1 atom stereocenters. The van der Waals surface area contributed by atoms with Crippen molar-refractivity contribution in [3.05, 3.63) is 246 Å². The van der Waals surface area contributed by atoms with Crippen molar-refractivity contribution in [3.63, 3.8) is 0 Å². The molecule has 9 aromatic carbocycles. The third-order valence-corrected chi connectivity index (χ3v) is 14.9. The van der Waals surface area contributed by atoms with Crippen LogP contribution in [0.5, 0.6) is 0 Å². The zero-order valence-electron chi connectivity index (χ0n) is 39.3. The van der Waals surface area contributed by atoms with E-state index in [0.717, 1.165) is 56.5 Å². The molecule has 68 heavy (non-hydrogen) atoms. The van der Waals surface area contributed by atoms with E-state index in [1.807, 2.05) is 6.07 Å². The second-order valence-corrected chi connectivity index (χ2v) is 19.6. The highest BCUT2D eigenvalue weighted by molar-refractivity contribution is 6.09. The van der Waals surface area contributed by atoms with Crippen molar-refractivity contribution in [2.24, 2.45) is 0 Å². The topological polar surface area (TPSA) is 16.4 Å². The van der Waals surface area contributed by atoms with Crippen LogP contribution in [0.1, 0.15) is 55.0 Å². The molecule has 1 heterocycles. The van der Waals surface area contributed by atoms with E-state index in [9.17, 15) is 0 Å². The summed E-state index contributed by atoms with van der Waals surface area (Å²) in [7, 11) is 0. The standard InChI is InChI=1S/C66H53NO/c1-43-17-10-11-20-53(43)58-39-48(26-25-44(58)2)46-27-31-50(32-28-46)67(51-33-29-47(30-34-51)54-22-16-23-57-56-21-12-13-24-62(56)68-64(54)57)52-35-36-55-59-40-49(45-18-8-6-9-19-45)41-61(66(5)37-14-7-15-38-66)63(59)65(3,4)60(55)42-52/h6-37,39-42H,38H2,1-5H3. The number of nitrogens with zero attached hydrogens (tertiary/aromatic N) is 1. The van der Waals surface area contributed by atoms with Crippen molar-refractivity contribution < 1.29 is 4.42 Å². The molecule has 12 rings (SSSR count). The fourth-order valence-electron chi connectivity index (χ4n) is 11.2. The van der Waals surface area contributed by atoms with E-state index in [1.54, 1.807) is 0 Å². The second kappa shape index (κ2) is 16.1. The van der Waals surface area contributed by atoms with Crippen molar-refractivity contribution in [2.45, 2.75) is 51.9 Å². The number of hydrogen-bond acceptors (Lipinski definition) is 2. The average Bonchev–Trinajstić information content (AvgIpc) is 3.87. The largest absolute Gasteiger partial charge is 0.455 e. The minimum Gasteiger partial charge on any atom is -0.455 e. The lowest BCUT2D eigenvalue weighted by molar-refractivity contribution is 0.565. The van der Waals surface area contributed by atoms with Gasteiger partial charge in [0.15, 0.2) is 0 Å². The summed E-state index contributed by atoms with van der Waals surface area (Å²) < 4.78 is 6.50. The molecule has 0 radical (unpaired) electrons. The van der Waals surface area contributed by atoms with E-state index >= 15 is 0 Å². The molecule has 0 fully saturated rings. The summed E-state index contributed by atoms with van der Waals surface area (Å²) in [6.45, 7) is 11.7. The Morgan fingerprint density at radius 3 is 1.82 bits per heavy atom. The van der Waals surface area contributed by atoms with Gasteiger partial charge in [-0.2, -0.15) is 0 Å². The van der Waals surface area contributed by atoms with Gasteiger partial charge in [-0.05, 0) is 159 Å². The predicted molar refractivity (Wildman–Crippen MR) is 287 cm³/mol. The van der Waals surface area contributed by atoms with Crippen molar-refractivity contribution in [2.75, 3.05) is 4.90 Å². The van der Waals surface area contributed by atoms with Crippen molar-refractivity contribution in [1.29, 1.82) is 0 Å². The zero-order chi connectivity index (χ0) is 46.1. The number of rotatable bonds is 8. The number of anilines is 3. The number of hydrogen-bond donors (Lipinski definition) is 0. The quantitative estimate of drug-likeness (QED) is 0.151. The van der Waals surface area contributed by atoms with Crippen LogP contribution in [-0.4, -0.2) is 0 Å². The molecule has 10 aromatic rings. The Morgan fingerprint density at radius 2 is 1.06 bits per heavy atom. The van der Waals surface area contributed by atoms with Gasteiger partial charge in [0, 0.05) is 44.2 Å². The van der Waals surface area contributed by atoms with E-state index in [0.29, 0.717) is 0 Å². The first-order chi connectivity index (χ1) is 33.1. The van der Waals surface area contributed by atoms with Crippen molar-refractivity contribution >= 4 is 39.0 Å². The Hall–Kier alpha value is -7.94. The average molecular weight is 876 g/mol. The summed E-state index contributed by atoms with van der Waals surface area (Å²) in [5.41, 5.74) is 23.8. The zero-order valence-corrected chi connectivity index (χ0v) is 39.3. The Kier molecular flexibility index (Phi) is 9.85. The molecule has 0 bridgehead atoms. The van der Waals surface area contributed by atoms with Gasteiger partial charge in [0.25, 0.3) is 0 Å². The lowest BCUT2D eigenvalue weighted by atomic mass is 9.69. The molecule has 0 aliphatic heterocycles. The molecular weight excluding hydrogens is 823 g/mol. The highest BCUT2D eigenvalue weighted by Gasteiger charge is 2.42. The van der Waals surface area contributed by atoms with E-state index < -0.39 is 0 Å². The van der Waals surface area contributed by atoms with Gasteiger partial charge in [-0.15, -0.1) is 0 Å². The van der Waals surface area contributed by atoms with E-state index in [2.05, 4.69) is 252 Å². The van der Waals surface area contributed by atoms with Gasteiger partial charge in [0.1, 0.15) is 11.2 Å². The summed E-state index contributed by atoms with van der Waals surface area (Å²) in [5.74, 6) is 0. The molecule has 0 N–H and O–H groups in total. The van der Waals surface area contributed by atoms with Crippen LogP contribution in [0.15, 0.2) is 223 Å². The van der Waals surface area contributed by atoms with Crippen molar-refractivity contribution in [1.82, 2.24) is 0 Å². The molecule has 0 amide bonds. The Bertz CT molecular complexity index is 3640. The maximum Gasteiger partial charge on any atom is 0.143 e. The number of fused-ring (bicyclic) bond motifs is 6. The number of aryl methyl sites for hydroxylation is 2. The van der Waals surface area contributed by atoms with Gasteiger partial charge in [-0.25, -0.2) is 0 Å². The van der Waals surface area contributed by atoms with Crippen LogP contribution in [0.25, 0.3) is 77.6 Å². The van der Waals surface area contributed by atoms with Gasteiger partial charge in [-0.3, -0.25) is 0 Å². The van der Waals surface area contributed by atoms with Gasteiger partial charge >= 0.3 is 0 Å². The van der Waals surface area contributed by atoms with Gasteiger partial charge < -0.3 is 9.32 Å². The van der Waals surface area contributed by atoms with Gasteiger partial charge in [0.2, 0.25) is 0 Å². The second-order valence-electron chi connectivity index (χ2n) is 19.6. The summed E-state index contributed by atoms with van der Waals surface area (Å²) >= 11 is 0. The molecule has 0 saturated carbocycles. The number of para-hydroxylation sites is 2. The highest BCUT2D eigenvalue weighted by atomic mass is 16.3. The fraction of sp³-hybridized carbons (Fsp3) is 0.121. The minimum atomic E-state index is -0.256. The molecule has 2 aliphatic carbocycles. The van der Waals surface area contributed by atoms with Crippen LogP contribution >= 0.6 is 0 Å². The predicted octanol–water partition coefficient (Wildman–Crippen LogP) is 18.4. The first-order valence-electron chi connectivity index (χ1n) is 24.0. The monoisotopic (exact) mass is 875 g/mol. The molecule has 2 aliphatic rings. The summed E-state index contributed by atoms with van der Waals surface area (Å²) in [4.78, 5) is 2.43. The third-order valence-electron chi connectivity index (χ3n) is 14.9. The Balaban J connectivity index is 0.989. The van der Waals surface area contributed by atoms with E-state index in [-0.39, 0.29) is 10.8 Å². The first-order valence-corrected chi connectivity index (χ1v) is 24.0. The van der Waals surface area contributed by atoms with Gasteiger partial charge in [-0.1, -0.05) is 179 Å². The normalized spacial score (nSPS) is 15.7. The molecule has 2 heteroatoms. The fourth-order valence-corrected chi connectivity index (χ4v) is 11.2. The van der Waals surface area contributed by atoms with Crippen LogP contribution in [0.2, 0.25) is 0 Å². The summed E-state index contributed by atoms with van der Waals surface area (Å²) in [6, 6.07) is 71.4. The van der Waals surface area contributed by atoms with Crippen LogP contribution < -0.4 is 4.90 Å². The maximum absolute atomic E-state index is 6.50. The number of benzene rings is 9. The number of allylic oxidation sites excluding steroid dienone is 4. The van der Waals surface area contributed by atoms with Gasteiger partial charge in [0.05, 0.1) is 0 Å². The van der Waals surface area contributed by atoms with Crippen LogP contribution in [0.3, 0.4) is 0 Å². The minimum absolute atomic E-state index is 0.133. The lowest BCUT2D eigenvalue weighted by Crippen LogP contribution is -2.27. The van der Waals surface area contributed by atoms with E-state index in [1.165, 1.54) is 72.3 Å². The molecule has 1 aromatic heterocycles. The molecule has 0 saturated heterocycles. The number of furan rings is 1. The third kappa shape index (κ3) is 6.86. The highest BCUT2D eigenvalue weighted by Crippen LogP contribution is 2.56. The SMILES string of the molecule is Cc1ccccc1-c1cc(-c2ccc(N(c3ccc(-c4cccc5c4oc4ccccc45)cc3)c3ccc4c(c3)C(C)(C)c3c-4cc(-c4ccccc4)cc3C3(C)C=CC=CC3)cc2)ccc1C. The lowest BCUT2D eigenvalue weighted by Gasteiger charge is -2.35. The Morgan fingerprint density at radius 1 is 0.426 bits per heavy atom. The molecule has 328 valence electrons. The molecule has 2 nitrogen and oxygen atoms in total. The van der Waals surface area contributed by atoms with Crippen molar-refractivity contribution in [3.8, 4) is 55.6 Å². The molecule has 0 spiro atoms. The Labute approximate surface area is 400 Å². The van der Waals surface area contributed by atoms with Crippen LogP contribution in [-0.2, 0) is 10.8 Å². The smallest absolute Gasteiger partial charge is 0.143 e. The molecular formula is C66H53NO. The van der Waals surface area contributed by atoms with Crippen LogP contribution in [0, 0.1) is 13.8 Å². The summed E-state index contributed by atoms with van der Waals surface area (Å²) in [6.07, 6.45) is 10.1. The van der Waals surface area contributed by atoms with Crippen LogP contribution in [0.4, 0.5) is 17.1 Å². The van der Waals surface area contributed by atoms with E-state index in [4.69, 9.17) is 4.42 Å². The maximum atomic E-state index is 6.50. The summed E-state index contributed by atoms with van der Waals surface area (Å²) in [5, 5.41) is 2.27.